The molecule has 0 bridgehead atoms. The molecule has 0 unspecified atom stereocenters. The Morgan fingerprint density at radius 2 is 2.00 bits per heavy atom. The van der Waals surface area contributed by atoms with Crippen molar-refractivity contribution >= 4 is 28.9 Å². The van der Waals surface area contributed by atoms with E-state index in [1.807, 2.05) is 18.4 Å². The first kappa shape index (κ1) is 18.0. The Kier molecular flexibility index (Phi) is 5.11. The van der Waals surface area contributed by atoms with E-state index in [1.165, 1.54) is 24.2 Å². The minimum Gasteiger partial charge on any atom is -0.455 e. The molecule has 0 aliphatic heterocycles. The molecule has 0 spiro atoms. The number of nitrogens with zero attached hydrogens (tertiary/aromatic N) is 1. The Balaban J connectivity index is 1.55. The molecule has 2 aromatic rings. The monoisotopic (exact) mass is 385 g/mol. The van der Waals surface area contributed by atoms with Crippen LogP contribution in [0.2, 0.25) is 0 Å². The summed E-state index contributed by atoms with van der Waals surface area (Å²) < 4.78 is 5.91. The van der Waals surface area contributed by atoms with Gasteiger partial charge in [0.05, 0.1) is 10.6 Å². The fourth-order valence-electron chi connectivity index (χ4n) is 3.90. The molecule has 2 N–H and O–H groups in total. The van der Waals surface area contributed by atoms with Gasteiger partial charge in [-0.1, -0.05) is 18.9 Å². The maximum atomic E-state index is 12.7. The number of thiophene rings is 1. The number of nitrogens with one attached hydrogen (secondary N) is 2. The van der Waals surface area contributed by atoms with Gasteiger partial charge in [0, 0.05) is 23.6 Å². The standard InChI is InChI=1S/C20H23N3O3S/c1-12-17-14(22-23-19(24)16-10-5-11-27-16)8-4-9-15(17)26-18(12)20(25)21-13-6-2-3-7-13/h5,10-11,13H,2-4,6-9H2,1H3,(H,21,25)(H,23,24)/b22-14+. The molecule has 2 aliphatic rings. The Labute approximate surface area is 162 Å². The van der Waals surface area contributed by atoms with Crippen molar-refractivity contribution in [2.45, 2.75) is 57.9 Å². The number of carbonyl (C=O) groups is 2. The lowest BCUT2D eigenvalue weighted by Gasteiger charge is -2.13. The number of amides is 2. The first-order chi connectivity index (χ1) is 13.1. The summed E-state index contributed by atoms with van der Waals surface area (Å²) in [4.78, 5) is 25.4. The van der Waals surface area contributed by atoms with Gasteiger partial charge in [-0.15, -0.1) is 11.3 Å². The molecule has 142 valence electrons. The molecular weight excluding hydrogens is 362 g/mol. The van der Waals surface area contributed by atoms with Gasteiger partial charge < -0.3 is 9.73 Å². The maximum Gasteiger partial charge on any atom is 0.287 e. The van der Waals surface area contributed by atoms with Crippen molar-refractivity contribution in [3.8, 4) is 0 Å². The lowest BCUT2D eigenvalue weighted by Crippen LogP contribution is -2.32. The summed E-state index contributed by atoms with van der Waals surface area (Å²) in [5.41, 5.74) is 5.11. The van der Waals surface area contributed by atoms with Gasteiger partial charge in [-0.3, -0.25) is 9.59 Å². The number of hydrogen-bond acceptors (Lipinski definition) is 5. The molecule has 0 radical (unpaired) electrons. The molecule has 27 heavy (non-hydrogen) atoms. The zero-order valence-corrected chi connectivity index (χ0v) is 16.2. The number of rotatable bonds is 4. The van der Waals surface area contributed by atoms with E-state index in [1.54, 1.807) is 6.07 Å². The molecule has 1 saturated carbocycles. The Hall–Kier alpha value is -2.41. The summed E-state index contributed by atoms with van der Waals surface area (Å²) in [7, 11) is 0. The lowest BCUT2D eigenvalue weighted by molar-refractivity contribution is 0.0906. The summed E-state index contributed by atoms with van der Waals surface area (Å²) in [6.07, 6.45) is 6.82. The van der Waals surface area contributed by atoms with Crippen LogP contribution in [0.1, 0.15) is 75.6 Å². The number of hydrazone groups is 1. The summed E-state index contributed by atoms with van der Waals surface area (Å²) in [6, 6.07) is 3.85. The number of furan rings is 1. The molecule has 0 atom stereocenters. The van der Waals surface area contributed by atoms with Gasteiger partial charge in [0.1, 0.15) is 5.76 Å². The van der Waals surface area contributed by atoms with Crippen molar-refractivity contribution in [1.82, 2.24) is 10.7 Å². The average molecular weight is 385 g/mol. The van der Waals surface area contributed by atoms with Gasteiger partial charge >= 0.3 is 0 Å². The Morgan fingerprint density at radius 3 is 2.74 bits per heavy atom. The van der Waals surface area contributed by atoms with E-state index in [0.29, 0.717) is 10.6 Å². The van der Waals surface area contributed by atoms with Crippen molar-refractivity contribution in [3.63, 3.8) is 0 Å². The highest BCUT2D eigenvalue weighted by molar-refractivity contribution is 7.12. The van der Waals surface area contributed by atoms with Gasteiger partial charge in [0.2, 0.25) is 0 Å². The SMILES string of the molecule is Cc1c(C(=O)NC2CCCC2)oc2c1/C(=N/NC(=O)c1cccs1)CCC2. The normalized spacial score (nSPS) is 18.5. The van der Waals surface area contributed by atoms with E-state index in [-0.39, 0.29) is 17.9 Å². The van der Waals surface area contributed by atoms with Crippen molar-refractivity contribution in [1.29, 1.82) is 0 Å². The van der Waals surface area contributed by atoms with Crippen LogP contribution in [0.4, 0.5) is 0 Å². The van der Waals surface area contributed by atoms with E-state index in [9.17, 15) is 9.59 Å². The molecule has 0 aromatic carbocycles. The van der Waals surface area contributed by atoms with E-state index < -0.39 is 0 Å². The van der Waals surface area contributed by atoms with Crippen molar-refractivity contribution < 1.29 is 14.0 Å². The second kappa shape index (κ2) is 7.68. The van der Waals surface area contributed by atoms with E-state index in [0.717, 1.165) is 54.7 Å². The number of fused-ring (bicyclic) bond motifs is 1. The van der Waals surface area contributed by atoms with Gasteiger partial charge in [-0.25, -0.2) is 5.43 Å². The summed E-state index contributed by atoms with van der Waals surface area (Å²) >= 11 is 1.38. The third-order valence-electron chi connectivity index (χ3n) is 5.26. The van der Waals surface area contributed by atoms with E-state index in [4.69, 9.17) is 4.42 Å². The highest BCUT2D eigenvalue weighted by Gasteiger charge is 2.29. The van der Waals surface area contributed by atoms with Crippen molar-refractivity contribution in [2.24, 2.45) is 5.10 Å². The zero-order chi connectivity index (χ0) is 18.8. The van der Waals surface area contributed by atoms with Crippen LogP contribution < -0.4 is 10.7 Å². The minimum atomic E-state index is -0.218. The first-order valence-electron chi connectivity index (χ1n) is 9.47. The second-order valence-corrected chi connectivity index (χ2v) is 8.09. The number of aryl methyl sites for hydroxylation is 1. The minimum absolute atomic E-state index is 0.143. The summed E-state index contributed by atoms with van der Waals surface area (Å²) in [6.45, 7) is 1.90. The van der Waals surface area contributed by atoms with Crippen LogP contribution in [0.5, 0.6) is 0 Å². The van der Waals surface area contributed by atoms with E-state index in [2.05, 4.69) is 15.8 Å². The molecule has 2 aliphatic carbocycles. The second-order valence-electron chi connectivity index (χ2n) is 7.14. The molecule has 0 saturated heterocycles. The van der Waals surface area contributed by atoms with Crippen LogP contribution >= 0.6 is 11.3 Å². The maximum absolute atomic E-state index is 12.7. The summed E-state index contributed by atoms with van der Waals surface area (Å²) in [5.74, 6) is 0.811. The molecule has 6 nitrogen and oxygen atoms in total. The largest absolute Gasteiger partial charge is 0.455 e. The van der Waals surface area contributed by atoms with Crippen LogP contribution in [-0.2, 0) is 6.42 Å². The van der Waals surface area contributed by atoms with Crippen molar-refractivity contribution in [2.75, 3.05) is 0 Å². The summed E-state index contributed by atoms with van der Waals surface area (Å²) in [5, 5.41) is 9.29. The Bertz CT molecular complexity index is 877. The molecule has 2 heterocycles. The van der Waals surface area contributed by atoms with Gasteiger partial charge in [0.25, 0.3) is 11.8 Å². The third-order valence-corrected chi connectivity index (χ3v) is 6.13. The quantitative estimate of drug-likeness (QED) is 0.786. The van der Waals surface area contributed by atoms with E-state index >= 15 is 0 Å². The lowest BCUT2D eigenvalue weighted by atomic mass is 9.93. The third kappa shape index (κ3) is 3.69. The molecule has 1 fully saturated rings. The molecule has 4 rings (SSSR count). The average Bonchev–Trinajstić information content (AvgIpc) is 3.41. The van der Waals surface area contributed by atoms with Crippen LogP contribution in [0.3, 0.4) is 0 Å². The van der Waals surface area contributed by atoms with Crippen LogP contribution in [0.15, 0.2) is 27.0 Å². The predicted molar refractivity (Wildman–Crippen MR) is 104 cm³/mol. The molecule has 2 aromatic heterocycles. The fraction of sp³-hybridized carbons (Fsp3) is 0.450. The Morgan fingerprint density at radius 1 is 1.19 bits per heavy atom. The van der Waals surface area contributed by atoms with Crippen LogP contribution in [0.25, 0.3) is 0 Å². The highest BCUT2D eigenvalue weighted by atomic mass is 32.1. The smallest absolute Gasteiger partial charge is 0.287 e. The fourth-order valence-corrected chi connectivity index (χ4v) is 4.51. The van der Waals surface area contributed by atoms with Crippen molar-refractivity contribution in [3.05, 3.63) is 45.0 Å². The van der Waals surface area contributed by atoms with Crippen LogP contribution in [0, 0.1) is 6.92 Å². The highest BCUT2D eigenvalue weighted by Crippen LogP contribution is 2.30. The number of carbonyl (C=O) groups excluding carboxylic acids is 2. The molecular formula is C20H23N3O3S. The predicted octanol–water partition coefficient (Wildman–Crippen LogP) is 3.79. The molecule has 2 amide bonds. The zero-order valence-electron chi connectivity index (χ0n) is 15.3. The molecule has 7 heteroatoms. The first-order valence-corrected chi connectivity index (χ1v) is 10.4. The van der Waals surface area contributed by atoms with Gasteiger partial charge in [0.15, 0.2) is 5.76 Å². The van der Waals surface area contributed by atoms with Gasteiger partial charge in [-0.05, 0) is 44.1 Å². The van der Waals surface area contributed by atoms with Gasteiger partial charge in [-0.2, -0.15) is 5.10 Å². The number of hydrogen-bond donors (Lipinski definition) is 2. The van der Waals surface area contributed by atoms with Crippen LogP contribution in [-0.4, -0.2) is 23.6 Å². The topological polar surface area (TPSA) is 83.7 Å².